The van der Waals surface area contributed by atoms with E-state index < -0.39 is 0 Å². The largest absolute Gasteiger partial charge is 0.369 e. The van der Waals surface area contributed by atoms with Gasteiger partial charge in [0.05, 0.1) is 24.0 Å². The lowest BCUT2D eigenvalue weighted by atomic mass is 10.3. The zero-order chi connectivity index (χ0) is 11.7. The monoisotopic (exact) mass is 225 g/mol. The lowest BCUT2D eigenvalue weighted by Crippen LogP contribution is -2.05. The normalized spacial score (nSPS) is 10.8. The molecule has 2 N–H and O–H groups in total. The Balaban J connectivity index is 2.08. The molecule has 3 aromatic heterocycles. The lowest BCUT2D eigenvalue weighted by Gasteiger charge is -2.05. The van der Waals surface area contributed by atoms with Crippen molar-refractivity contribution in [1.29, 1.82) is 0 Å². The number of nitrogens with zero attached hydrogens (tertiary/aromatic N) is 4. The molecule has 0 radical (unpaired) electrons. The average Bonchev–Trinajstić information content (AvgIpc) is 2.68. The summed E-state index contributed by atoms with van der Waals surface area (Å²) in [5.74, 6) is 0.485. The number of pyridine rings is 2. The molecule has 3 heterocycles. The average molecular weight is 225 g/mol. The number of aromatic nitrogens is 4. The van der Waals surface area contributed by atoms with Crippen molar-refractivity contribution in [3.63, 3.8) is 0 Å². The molecule has 0 aliphatic rings. The van der Waals surface area contributed by atoms with Gasteiger partial charge in [0.1, 0.15) is 5.52 Å². The summed E-state index contributed by atoms with van der Waals surface area (Å²) < 4.78 is 1.93. The summed E-state index contributed by atoms with van der Waals surface area (Å²) in [6, 6.07) is 7.72. The maximum Gasteiger partial charge on any atom is 0.201 e. The van der Waals surface area contributed by atoms with E-state index >= 15 is 0 Å². The van der Waals surface area contributed by atoms with Gasteiger partial charge < -0.3 is 10.3 Å². The molecule has 0 aromatic carbocycles. The highest BCUT2D eigenvalue weighted by Crippen LogP contribution is 2.17. The standard InChI is InChI=1S/C12H11N5/c13-12-16-10-7-14-6-4-11(10)17(12)8-9-3-1-2-5-15-9/h1-7H,8H2,(H2,13,16). The Hall–Kier alpha value is -2.43. The second-order valence-electron chi connectivity index (χ2n) is 3.74. The number of hydrogen-bond donors (Lipinski definition) is 1. The van der Waals surface area contributed by atoms with E-state index in [0.717, 1.165) is 16.7 Å². The summed E-state index contributed by atoms with van der Waals surface area (Å²) in [5, 5.41) is 0. The first-order valence-electron chi connectivity index (χ1n) is 5.30. The third-order valence-corrected chi connectivity index (χ3v) is 2.63. The number of rotatable bonds is 2. The van der Waals surface area contributed by atoms with E-state index in [1.54, 1.807) is 18.6 Å². The number of nitrogen functional groups attached to an aromatic ring is 1. The second kappa shape index (κ2) is 3.86. The van der Waals surface area contributed by atoms with Crippen LogP contribution < -0.4 is 5.73 Å². The zero-order valence-corrected chi connectivity index (χ0v) is 9.11. The number of fused-ring (bicyclic) bond motifs is 1. The molecule has 0 spiro atoms. The molecule has 0 unspecified atom stereocenters. The molecule has 3 rings (SSSR count). The van der Waals surface area contributed by atoms with E-state index in [2.05, 4.69) is 15.0 Å². The van der Waals surface area contributed by atoms with E-state index in [1.807, 2.05) is 28.8 Å². The SMILES string of the molecule is Nc1nc2cnccc2n1Cc1ccccn1. The van der Waals surface area contributed by atoms with Crippen LogP contribution in [0, 0.1) is 0 Å². The van der Waals surface area contributed by atoms with Crippen LogP contribution in [-0.2, 0) is 6.54 Å². The fourth-order valence-electron chi connectivity index (χ4n) is 1.82. The zero-order valence-electron chi connectivity index (χ0n) is 9.11. The molecule has 0 aliphatic heterocycles. The maximum atomic E-state index is 5.90. The molecular formula is C12H11N5. The van der Waals surface area contributed by atoms with Crippen LogP contribution in [0.1, 0.15) is 5.69 Å². The minimum atomic E-state index is 0.485. The minimum absolute atomic E-state index is 0.485. The van der Waals surface area contributed by atoms with Crippen LogP contribution in [0.25, 0.3) is 11.0 Å². The van der Waals surface area contributed by atoms with Gasteiger partial charge in [0.25, 0.3) is 0 Å². The first kappa shape index (κ1) is 9.77. The minimum Gasteiger partial charge on any atom is -0.369 e. The molecule has 0 fully saturated rings. The topological polar surface area (TPSA) is 69.6 Å². The highest BCUT2D eigenvalue weighted by Gasteiger charge is 2.08. The van der Waals surface area contributed by atoms with Gasteiger partial charge in [-0.1, -0.05) is 6.07 Å². The Morgan fingerprint density at radius 2 is 2.12 bits per heavy atom. The number of nitrogens with two attached hydrogens (primary N) is 1. The van der Waals surface area contributed by atoms with Gasteiger partial charge in [-0.05, 0) is 18.2 Å². The van der Waals surface area contributed by atoms with Gasteiger partial charge in [-0.2, -0.15) is 0 Å². The first-order chi connectivity index (χ1) is 8.34. The third-order valence-electron chi connectivity index (χ3n) is 2.63. The van der Waals surface area contributed by atoms with Crippen molar-refractivity contribution in [2.75, 3.05) is 5.73 Å². The first-order valence-corrected chi connectivity index (χ1v) is 5.30. The predicted octanol–water partition coefficient (Wildman–Crippen LogP) is 1.46. The Bertz CT molecular complexity index is 644. The van der Waals surface area contributed by atoms with Gasteiger partial charge in [-0.3, -0.25) is 9.97 Å². The molecule has 0 amide bonds. The van der Waals surface area contributed by atoms with Crippen LogP contribution in [0.15, 0.2) is 42.9 Å². The van der Waals surface area contributed by atoms with E-state index in [9.17, 15) is 0 Å². The smallest absolute Gasteiger partial charge is 0.201 e. The van der Waals surface area contributed by atoms with Crippen LogP contribution in [0.2, 0.25) is 0 Å². The van der Waals surface area contributed by atoms with Crippen LogP contribution in [0.4, 0.5) is 5.95 Å². The summed E-state index contributed by atoms with van der Waals surface area (Å²) in [5.41, 5.74) is 8.63. The Kier molecular flexibility index (Phi) is 2.22. The van der Waals surface area contributed by atoms with Gasteiger partial charge in [0.2, 0.25) is 5.95 Å². The highest BCUT2D eigenvalue weighted by atomic mass is 15.2. The quantitative estimate of drug-likeness (QED) is 0.716. The molecule has 5 heteroatoms. The van der Waals surface area contributed by atoms with Gasteiger partial charge >= 0.3 is 0 Å². The van der Waals surface area contributed by atoms with Crippen LogP contribution in [0.5, 0.6) is 0 Å². The van der Waals surface area contributed by atoms with E-state index in [0.29, 0.717) is 12.5 Å². The molecule has 0 saturated carbocycles. The third kappa shape index (κ3) is 1.71. The fraction of sp³-hybridized carbons (Fsp3) is 0.0833. The van der Waals surface area contributed by atoms with Crippen LogP contribution in [0.3, 0.4) is 0 Å². The summed E-state index contributed by atoms with van der Waals surface area (Å²) in [6.07, 6.45) is 5.21. The number of hydrogen-bond acceptors (Lipinski definition) is 4. The molecule has 0 aliphatic carbocycles. The van der Waals surface area contributed by atoms with E-state index in [1.165, 1.54) is 0 Å². The second-order valence-corrected chi connectivity index (χ2v) is 3.74. The maximum absolute atomic E-state index is 5.90. The molecule has 3 aromatic rings. The van der Waals surface area contributed by atoms with Crippen molar-refractivity contribution < 1.29 is 0 Å². The fourth-order valence-corrected chi connectivity index (χ4v) is 1.82. The van der Waals surface area contributed by atoms with Crippen LogP contribution >= 0.6 is 0 Å². The van der Waals surface area contributed by atoms with Crippen molar-refractivity contribution in [2.24, 2.45) is 0 Å². The van der Waals surface area contributed by atoms with Crippen molar-refractivity contribution in [1.82, 2.24) is 19.5 Å². The molecule has 0 bridgehead atoms. The van der Waals surface area contributed by atoms with Crippen molar-refractivity contribution >= 4 is 17.0 Å². The van der Waals surface area contributed by atoms with Gasteiger partial charge in [0, 0.05) is 12.4 Å². The Morgan fingerprint density at radius 1 is 1.18 bits per heavy atom. The molecule has 0 atom stereocenters. The molecule has 17 heavy (non-hydrogen) atoms. The van der Waals surface area contributed by atoms with Crippen LogP contribution in [-0.4, -0.2) is 19.5 Å². The van der Waals surface area contributed by atoms with E-state index in [-0.39, 0.29) is 0 Å². The van der Waals surface area contributed by atoms with Crippen molar-refractivity contribution in [2.45, 2.75) is 6.54 Å². The lowest BCUT2D eigenvalue weighted by molar-refractivity contribution is 0.809. The molecule has 84 valence electrons. The summed E-state index contributed by atoms with van der Waals surface area (Å²) >= 11 is 0. The highest BCUT2D eigenvalue weighted by molar-refractivity contribution is 5.77. The summed E-state index contributed by atoms with van der Waals surface area (Å²) in [6.45, 7) is 0.618. The van der Waals surface area contributed by atoms with Gasteiger partial charge in [0.15, 0.2) is 0 Å². The number of imidazole rings is 1. The Morgan fingerprint density at radius 3 is 2.94 bits per heavy atom. The van der Waals surface area contributed by atoms with Crippen molar-refractivity contribution in [3.05, 3.63) is 48.5 Å². The van der Waals surface area contributed by atoms with Crippen molar-refractivity contribution in [3.8, 4) is 0 Å². The predicted molar refractivity (Wildman–Crippen MR) is 65.3 cm³/mol. The molecule has 5 nitrogen and oxygen atoms in total. The Labute approximate surface area is 98.0 Å². The molecular weight excluding hydrogens is 214 g/mol. The van der Waals surface area contributed by atoms with Gasteiger partial charge in [-0.15, -0.1) is 0 Å². The summed E-state index contributed by atoms with van der Waals surface area (Å²) in [7, 11) is 0. The summed E-state index contributed by atoms with van der Waals surface area (Å²) in [4.78, 5) is 12.6. The molecule has 0 saturated heterocycles. The number of anilines is 1. The van der Waals surface area contributed by atoms with Gasteiger partial charge in [-0.25, -0.2) is 4.98 Å². The van der Waals surface area contributed by atoms with E-state index in [4.69, 9.17) is 5.73 Å².